The summed E-state index contributed by atoms with van der Waals surface area (Å²) >= 11 is 0. The van der Waals surface area contributed by atoms with Gasteiger partial charge in [0.2, 0.25) is 5.78 Å². The van der Waals surface area contributed by atoms with Gasteiger partial charge < -0.3 is 10.2 Å². The van der Waals surface area contributed by atoms with Gasteiger partial charge in [-0.3, -0.25) is 9.59 Å². The summed E-state index contributed by atoms with van der Waals surface area (Å²) in [5, 5.41) is 3.04. The van der Waals surface area contributed by atoms with Gasteiger partial charge in [-0.25, -0.2) is 0 Å². The van der Waals surface area contributed by atoms with Crippen LogP contribution in [0.25, 0.3) is 6.08 Å². The van der Waals surface area contributed by atoms with Crippen LogP contribution in [0, 0.1) is 0 Å². The van der Waals surface area contributed by atoms with E-state index in [1.807, 2.05) is 42.6 Å². The monoisotopic (exact) mass is 244 g/mol. The second-order valence-electron chi connectivity index (χ2n) is 4.25. The number of benzene rings is 1. The molecule has 1 saturated heterocycles. The average Bonchev–Trinajstić information content (AvgIpc) is 2.45. The highest BCUT2D eigenvalue weighted by Gasteiger charge is 2.22. The van der Waals surface area contributed by atoms with Gasteiger partial charge in [0.25, 0.3) is 0 Å². The summed E-state index contributed by atoms with van der Waals surface area (Å²) in [6.07, 6.45) is 4.37. The minimum Gasteiger partial charge on any atom is -0.374 e. The highest BCUT2D eigenvalue weighted by molar-refractivity contribution is 6.27. The maximum atomic E-state index is 11.3. The number of Topliss-reactive ketones (excluding diaryl/α,β-unsaturated/α-hetero) is 1. The van der Waals surface area contributed by atoms with E-state index in [0.717, 1.165) is 12.1 Å². The summed E-state index contributed by atoms with van der Waals surface area (Å²) in [6.45, 7) is 2.09. The van der Waals surface area contributed by atoms with Crippen molar-refractivity contribution in [3.05, 3.63) is 42.1 Å². The molecule has 0 bridgehead atoms. The number of hydrogen-bond donors (Lipinski definition) is 1. The second kappa shape index (κ2) is 6.12. The van der Waals surface area contributed by atoms with Gasteiger partial charge in [-0.1, -0.05) is 30.3 Å². The number of rotatable bonds is 4. The van der Waals surface area contributed by atoms with Gasteiger partial charge in [0, 0.05) is 19.6 Å². The van der Waals surface area contributed by atoms with Gasteiger partial charge in [0.05, 0.1) is 6.04 Å². The van der Waals surface area contributed by atoms with Gasteiger partial charge in [0.1, 0.15) is 0 Å². The van der Waals surface area contributed by atoms with Crippen LogP contribution in [0.15, 0.2) is 36.5 Å². The van der Waals surface area contributed by atoms with Gasteiger partial charge in [-0.05, 0) is 17.8 Å². The lowest BCUT2D eigenvalue weighted by molar-refractivity contribution is -0.131. The molecule has 1 aromatic rings. The second-order valence-corrected chi connectivity index (χ2v) is 4.25. The smallest absolute Gasteiger partial charge is 0.213 e. The molecule has 1 aliphatic heterocycles. The maximum absolute atomic E-state index is 11.3. The molecule has 4 heteroatoms. The van der Waals surface area contributed by atoms with Crippen LogP contribution >= 0.6 is 0 Å². The normalized spacial score (nSPS) is 20.0. The molecule has 1 heterocycles. The van der Waals surface area contributed by atoms with Crippen LogP contribution in [0.5, 0.6) is 0 Å². The number of carbonyl (C=O) groups excluding carboxylic acids is 2. The lowest BCUT2D eigenvalue weighted by Crippen LogP contribution is -2.52. The number of nitrogens with zero attached hydrogens (tertiary/aromatic N) is 1. The van der Waals surface area contributed by atoms with Crippen molar-refractivity contribution < 1.29 is 9.59 Å². The third kappa shape index (κ3) is 3.28. The maximum Gasteiger partial charge on any atom is 0.213 e. The van der Waals surface area contributed by atoms with Crippen LogP contribution < -0.4 is 5.32 Å². The number of nitrogens with one attached hydrogen (secondary N) is 1. The summed E-state index contributed by atoms with van der Waals surface area (Å²) < 4.78 is 0. The predicted octanol–water partition coefficient (Wildman–Crippen LogP) is 0.699. The molecule has 1 fully saturated rings. The number of hydrogen-bond acceptors (Lipinski definition) is 4. The molecule has 1 aliphatic rings. The Kier molecular flexibility index (Phi) is 4.25. The van der Waals surface area contributed by atoms with Crippen molar-refractivity contribution in [1.29, 1.82) is 0 Å². The van der Waals surface area contributed by atoms with Crippen molar-refractivity contribution in [3.8, 4) is 0 Å². The molecule has 0 aromatic heterocycles. The molecule has 1 aromatic carbocycles. The minimum absolute atomic E-state index is 0.378. The fraction of sp³-hybridized carbons (Fsp3) is 0.286. The molecule has 0 saturated carbocycles. The predicted molar refractivity (Wildman–Crippen MR) is 69.9 cm³/mol. The molecule has 4 nitrogen and oxygen atoms in total. The van der Waals surface area contributed by atoms with E-state index in [-0.39, 0.29) is 11.8 Å². The van der Waals surface area contributed by atoms with E-state index in [2.05, 4.69) is 10.2 Å². The molecule has 18 heavy (non-hydrogen) atoms. The Labute approximate surface area is 106 Å². The van der Waals surface area contributed by atoms with Crippen LogP contribution in [0.3, 0.4) is 0 Å². The fourth-order valence-corrected chi connectivity index (χ4v) is 1.94. The van der Waals surface area contributed by atoms with Crippen LogP contribution in [0.4, 0.5) is 0 Å². The molecule has 0 radical (unpaired) electrons. The number of aldehydes is 1. The van der Waals surface area contributed by atoms with Gasteiger partial charge >= 0.3 is 0 Å². The Morgan fingerprint density at radius 2 is 2.11 bits per heavy atom. The van der Waals surface area contributed by atoms with Crippen LogP contribution in [-0.2, 0) is 9.59 Å². The van der Waals surface area contributed by atoms with Crippen molar-refractivity contribution in [2.75, 3.05) is 19.6 Å². The van der Waals surface area contributed by atoms with E-state index < -0.39 is 0 Å². The molecule has 1 N–H and O–H groups in total. The van der Waals surface area contributed by atoms with Gasteiger partial charge in [0.15, 0.2) is 6.29 Å². The molecule has 94 valence electrons. The zero-order chi connectivity index (χ0) is 12.8. The number of piperazine rings is 1. The van der Waals surface area contributed by atoms with E-state index in [1.54, 1.807) is 0 Å². The third-order valence-electron chi connectivity index (χ3n) is 2.94. The van der Waals surface area contributed by atoms with Crippen LogP contribution in [-0.4, -0.2) is 42.6 Å². The molecular weight excluding hydrogens is 228 g/mol. The summed E-state index contributed by atoms with van der Waals surface area (Å²) in [6, 6.07) is 9.60. The van der Waals surface area contributed by atoms with Gasteiger partial charge in [-0.15, -0.1) is 0 Å². The summed E-state index contributed by atoms with van der Waals surface area (Å²) in [4.78, 5) is 23.8. The Balaban J connectivity index is 1.95. The van der Waals surface area contributed by atoms with E-state index in [9.17, 15) is 9.59 Å². The fourth-order valence-electron chi connectivity index (χ4n) is 1.94. The van der Waals surface area contributed by atoms with Crippen molar-refractivity contribution in [1.82, 2.24) is 10.2 Å². The van der Waals surface area contributed by atoms with Gasteiger partial charge in [-0.2, -0.15) is 0 Å². The third-order valence-corrected chi connectivity index (χ3v) is 2.94. The molecule has 1 atom stereocenters. The minimum atomic E-state index is -0.382. The first-order valence-corrected chi connectivity index (χ1v) is 5.99. The molecule has 0 aliphatic carbocycles. The van der Waals surface area contributed by atoms with E-state index in [4.69, 9.17) is 0 Å². The SMILES string of the molecule is O=CC(=O)C1CN(C=Cc2ccccc2)CCN1. The van der Waals surface area contributed by atoms with Crippen molar-refractivity contribution >= 4 is 18.1 Å². The van der Waals surface area contributed by atoms with Crippen molar-refractivity contribution in [2.24, 2.45) is 0 Å². The molecule has 1 unspecified atom stereocenters. The van der Waals surface area contributed by atoms with E-state index in [1.165, 1.54) is 0 Å². The van der Waals surface area contributed by atoms with Crippen molar-refractivity contribution in [3.63, 3.8) is 0 Å². The molecule has 0 amide bonds. The molecule has 2 rings (SSSR count). The van der Waals surface area contributed by atoms with Crippen LogP contribution in [0.2, 0.25) is 0 Å². The summed E-state index contributed by atoms with van der Waals surface area (Å²) in [7, 11) is 0. The Morgan fingerprint density at radius 1 is 1.33 bits per heavy atom. The molecule has 0 spiro atoms. The Hall–Kier alpha value is -1.94. The Bertz CT molecular complexity index is 442. The lowest BCUT2D eigenvalue weighted by Gasteiger charge is -2.31. The van der Waals surface area contributed by atoms with E-state index in [0.29, 0.717) is 19.4 Å². The summed E-state index contributed by atoms with van der Waals surface area (Å²) in [5.41, 5.74) is 1.12. The van der Waals surface area contributed by atoms with Crippen LogP contribution in [0.1, 0.15) is 5.56 Å². The lowest BCUT2D eigenvalue weighted by atomic mass is 10.1. The van der Waals surface area contributed by atoms with E-state index >= 15 is 0 Å². The first kappa shape index (κ1) is 12.5. The largest absolute Gasteiger partial charge is 0.374 e. The average molecular weight is 244 g/mol. The summed E-state index contributed by atoms with van der Waals surface area (Å²) in [5.74, 6) is -0.382. The van der Waals surface area contributed by atoms with Crippen molar-refractivity contribution in [2.45, 2.75) is 6.04 Å². The standard InChI is InChI=1S/C14H16N2O2/c17-11-14(18)13-10-16(9-7-15-13)8-6-12-4-2-1-3-5-12/h1-6,8,11,13,15H,7,9-10H2. The highest BCUT2D eigenvalue weighted by atomic mass is 16.2. The topological polar surface area (TPSA) is 49.4 Å². The number of carbonyl (C=O) groups is 2. The highest BCUT2D eigenvalue weighted by Crippen LogP contribution is 2.05. The molecular formula is C14H16N2O2. The zero-order valence-corrected chi connectivity index (χ0v) is 10.1. The Morgan fingerprint density at radius 3 is 2.83 bits per heavy atom. The quantitative estimate of drug-likeness (QED) is 0.625. The zero-order valence-electron chi connectivity index (χ0n) is 10.1. The first-order valence-electron chi connectivity index (χ1n) is 5.99. The number of ketones is 1. The first-order chi connectivity index (χ1) is 8.79.